The molecule has 0 fully saturated rings. The zero-order valence-corrected chi connectivity index (χ0v) is 10.1. The number of methoxy groups -OCH3 is 1. The van der Waals surface area contributed by atoms with Crippen LogP contribution in [0.3, 0.4) is 0 Å². The maximum atomic E-state index is 4.92. The van der Waals surface area contributed by atoms with Gasteiger partial charge in [0.25, 0.3) is 0 Å². The topological polar surface area (TPSA) is 59.9 Å². The van der Waals surface area contributed by atoms with E-state index in [1.165, 1.54) is 0 Å². The Morgan fingerprint density at radius 1 is 1.18 bits per heavy atom. The summed E-state index contributed by atoms with van der Waals surface area (Å²) in [6, 6.07) is 4.29. The van der Waals surface area contributed by atoms with Crippen molar-refractivity contribution < 1.29 is 4.74 Å². The van der Waals surface area contributed by atoms with Crippen molar-refractivity contribution in [1.82, 2.24) is 15.0 Å². The lowest BCUT2D eigenvalue weighted by atomic mass is 10.1. The Kier molecular flexibility index (Phi) is 3.18. The lowest BCUT2D eigenvalue weighted by Gasteiger charge is -2.07. The van der Waals surface area contributed by atoms with Crippen LogP contribution in [0, 0.1) is 6.92 Å². The van der Waals surface area contributed by atoms with Gasteiger partial charge in [-0.15, -0.1) is 0 Å². The summed E-state index contributed by atoms with van der Waals surface area (Å²) in [5.41, 5.74) is 2.88. The minimum absolute atomic E-state index is 0.367. The first-order valence-corrected chi connectivity index (χ1v) is 5.26. The highest BCUT2D eigenvalue weighted by Gasteiger charge is 2.05. The van der Waals surface area contributed by atoms with Gasteiger partial charge in [-0.2, -0.15) is 0 Å². The van der Waals surface area contributed by atoms with Gasteiger partial charge in [-0.1, -0.05) is 0 Å². The summed E-state index contributed by atoms with van der Waals surface area (Å²) < 4.78 is 4.92. The summed E-state index contributed by atoms with van der Waals surface area (Å²) >= 11 is 0. The fourth-order valence-electron chi connectivity index (χ4n) is 1.57. The smallest absolute Gasteiger partial charge is 0.316 e. The Labute approximate surface area is 99.9 Å². The third kappa shape index (κ3) is 2.33. The van der Waals surface area contributed by atoms with Gasteiger partial charge < -0.3 is 10.1 Å². The van der Waals surface area contributed by atoms with E-state index in [2.05, 4.69) is 20.3 Å². The van der Waals surface area contributed by atoms with Crippen molar-refractivity contribution in [1.29, 1.82) is 0 Å². The van der Waals surface area contributed by atoms with E-state index in [0.717, 1.165) is 22.6 Å². The Morgan fingerprint density at radius 2 is 1.88 bits per heavy atom. The maximum Gasteiger partial charge on any atom is 0.316 e. The molecule has 88 valence electrons. The van der Waals surface area contributed by atoms with Gasteiger partial charge in [0.1, 0.15) is 5.82 Å². The largest absolute Gasteiger partial charge is 0.467 e. The van der Waals surface area contributed by atoms with Crippen LogP contribution in [0.2, 0.25) is 0 Å². The van der Waals surface area contributed by atoms with Crippen LogP contribution in [0.15, 0.2) is 24.5 Å². The number of pyridine rings is 1. The number of anilines is 1. The van der Waals surface area contributed by atoms with Gasteiger partial charge in [-0.05, 0) is 19.1 Å². The van der Waals surface area contributed by atoms with Crippen LogP contribution in [-0.4, -0.2) is 29.1 Å². The molecule has 0 aromatic carbocycles. The Bertz CT molecular complexity index is 510. The fourth-order valence-corrected chi connectivity index (χ4v) is 1.57. The molecular formula is C12H14N4O. The average Bonchev–Trinajstić information content (AvgIpc) is 2.39. The van der Waals surface area contributed by atoms with Gasteiger partial charge in [0.2, 0.25) is 0 Å². The molecule has 0 aliphatic carbocycles. The van der Waals surface area contributed by atoms with E-state index in [0.29, 0.717) is 6.01 Å². The third-order valence-corrected chi connectivity index (χ3v) is 2.46. The van der Waals surface area contributed by atoms with E-state index >= 15 is 0 Å². The Balaban J connectivity index is 2.38. The lowest BCUT2D eigenvalue weighted by molar-refractivity contribution is 0.380. The molecule has 0 saturated heterocycles. The van der Waals surface area contributed by atoms with Gasteiger partial charge in [-0.3, -0.25) is 0 Å². The molecule has 1 N–H and O–H groups in total. The zero-order chi connectivity index (χ0) is 12.3. The number of nitrogens with one attached hydrogen (secondary N) is 1. The summed E-state index contributed by atoms with van der Waals surface area (Å²) in [6.07, 6.45) is 3.46. The number of aromatic nitrogens is 3. The van der Waals surface area contributed by atoms with Crippen LogP contribution in [0.5, 0.6) is 6.01 Å². The first kappa shape index (κ1) is 11.3. The number of ether oxygens (including phenoxy) is 1. The second kappa shape index (κ2) is 4.78. The third-order valence-electron chi connectivity index (χ3n) is 2.46. The van der Waals surface area contributed by atoms with Crippen LogP contribution >= 0.6 is 0 Å². The molecule has 0 saturated carbocycles. The van der Waals surface area contributed by atoms with Crippen molar-refractivity contribution in [3.8, 4) is 17.1 Å². The molecule has 5 nitrogen and oxygen atoms in total. The minimum Gasteiger partial charge on any atom is -0.467 e. The van der Waals surface area contributed by atoms with Gasteiger partial charge in [0, 0.05) is 36.3 Å². The number of aryl methyl sites for hydroxylation is 1. The molecule has 0 radical (unpaired) electrons. The molecule has 0 bridgehead atoms. The van der Waals surface area contributed by atoms with E-state index in [1.54, 1.807) is 19.5 Å². The molecule has 0 unspecified atom stereocenters. The first-order chi connectivity index (χ1) is 8.24. The van der Waals surface area contributed by atoms with Crippen LogP contribution in [0.1, 0.15) is 5.69 Å². The normalized spacial score (nSPS) is 10.1. The van der Waals surface area contributed by atoms with E-state index in [4.69, 9.17) is 4.74 Å². The SMILES string of the molecule is CNc1ccc(-c2cnc(OC)nc2)c(C)n1. The maximum absolute atomic E-state index is 4.92. The van der Waals surface area contributed by atoms with Crippen LogP contribution in [0.25, 0.3) is 11.1 Å². The van der Waals surface area contributed by atoms with Crippen LogP contribution in [-0.2, 0) is 0 Å². The van der Waals surface area contributed by atoms with Gasteiger partial charge in [0.05, 0.1) is 7.11 Å². The molecule has 2 rings (SSSR count). The van der Waals surface area contributed by atoms with Crippen molar-refractivity contribution in [2.45, 2.75) is 6.92 Å². The second-order valence-corrected chi connectivity index (χ2v) is 3.54. The summed E-state index contributed by atoms with van der Waals surface area (Å²) in [5, 5.41) is 3.00. The Hall–Kier alpha value is -2.17. The minimum atomic E-state index is 0.367. The van der Waals surface area contributed by atoms with Crippen molar-refractivity contribution in [2.75, 3.05) is 19.5 Å². The van der Waals surface area contributed by atoms with Gasteiger partial charge in [0.15, 0.2) is 0 Å². The number of hydrogen-bond donors (Lipinski definition) is 1. The molecular weight excluding hydrogens is 216 g/mol. The van der Waals surface area contributed by atoms with E-state index < -0.39 is 0 Å². The molecule has 5 heteroatoms. The van der Waals surface area contributed by atoms with Gasteiger partial charge >= 0.3 is 6.01 Å². The molecule has 0 aliphatic rings. The standard InChI is InChI=1S/C12H14N4O/c1-8-10(4-5-11(13-2)16-8)9-6-14-12(17-3)15-7-9/h4-7H,1-3H3,(H,13,16). The van der Waals surface area contributed by atoms with Crippen molar-refractivity contribution >= 4 is 5.82 Å². The fraction of sp³-hybridized carbons (Fsp3) is 0.250. The zero-order valence-electron chi connectivity index (χ0n) is 10.1. The summed E-state index contributed by atoms with van der Waals surface area (Å²) in [7, 11) is 3.39. The van der Waals surface area contributed by atoms with E-state index in [1.807, 2.05) is 26.1 Å². The highest BCUT2D eigenvalue weighted by atomic mass is 16.5. The second-order valence-electron chi connectivity index (χ2n) is 3.54. The molecule has 2 aromatic rings. The highest BCUT2D eigenvalue weighted by Crippen LogP contribution is 2.22. The predicted octanol–water partition coefficient (Wildman–Crippen LogP) is 1.90. The molecule has 0 amide bonds. The summed E-state index contributed by atoms with van der Waals surface area (Å²) in [5.74, 6) is 0.848. The van der Waals surface area contributed by atoms with Crippen molar-refractivity contribution in [2.24, 2.45) is 0 Å². The van der Waals surface area contributed by atoms with E-state index in [-0.39, 0.29) is 0 Å². The molecule has 2 aromatic heterocycles. The number of hydrogen-bond acceptors (Lipinski definition) is 5. The van der Waals surface area contributed by atoms with Crippen LogP contribution in [0.4, 0.5) is 5.82 Å². The lowest BCUT2D eigenvalue weighted by Crippen LogP contribution is -1.97. The molecule has 0 spiro atoms. The molecule has 0 aliphatic heterocycles. The quantitative estimate of drug-likeness (QED) is 0.872. The van der Waals surface area contributed by atoms with E-state index in [9.17, 15) is 0 Å². The monoisotopic (exact) mass is 230 g/mol. The predicted molar refractivity (Wildman–Crippen MR) is 66.1 cm³/mol. The summed E-state index contributed by atoms with van der Waals surface area (Å²) in [4.78, 5) is 12.6. The molecule has 0 atom stereocenters. The Morgan fingerprint density at radius 3 is 2.41 bits per heavy atom. The highest BCUT2D eigenvalue weighted by molar-refractivity contribution is 5.65. The first-order valence-electron chi connectivity index (χ1n) is 5.26. The molecule has 17 heavy (non-hydrogen) atoms. The number of rotatable bonds is 3. The van der Waals surface area contributed by atoms with Gasteiger partial charge in [-0.25, -0.2) is 15.0 Å². The molecule has 2 heterocycles. The summed E-state index contributed by atoms with van der Waals surface area (Å²) in [6.45, 7) is 1.96. The average molecular weight is 230 g/mol. The van der Waals surface area contributed by atoms with Crippen molar-refractivity contribution in [3.63, 3.8) is 0 Å². The van der Waals surface area contributed by atoms with Crippen LogP contribution < -0.4 is 10.1 Å². The number of nitrogens with zero attached hydrogens (tertiary/aromatic N) is 3. The van der Waals surface area contributed by atoms with Crippen molar-refractivity contribution in [3.05, 3.63) is 30.2 Å².